The van der Waals surface area contributed by atoms with E-state index in [0.717, 1.165) is 38.2 Å². The Morgan fingerprint density at radius 2 is 1.62 bits per heavy atom. The van der Waals surface area contributed by atoms with Crippen LogP contribution in [0.15, 0.2) is 130 Å². The number of ether oxygens (including phenoxy) is 3. The van der Waals surface area contributed by atoms with Gasteiger partial charge in [0.05, 0.1) is 42.9 Å². The van der Waals surface area contributed by atoms with Crippen molar-refractivity contribution >= 4 is 40.1 Å². The lowest BCUT2D eigenvalue weighted by Crippen LogP contribution is -2.45. The van der Waals surface area contributed by atoms with Gasteiger partial charge in [-0.15, -0.1) is 0 Å². The second-order valence-electron chi connectivity index (χ2n) is 11.7. The number of carbonyl (C=O) groups is 3. The first-order chi connectivity index (χ1) is 25.3. The molecule has 0 saturated carbocycles. The summed E-state index contributed by atoms with van der Waals surface area (Å²) in [6.45, 7) is 3.17. The molecule has 1 aliphatic rings. The Labute approximate surface area is 309 Å². The Morgan fingerprint density at radius 3 is 2.29 bits per heavy atom. The van der Waals surface area contributed by atoms with E-state index in [1.807, 2.05) is 78.9 Å². The fraction of sp³-hybridized carbons (Fsp3) is 0.150. The summed E-state index contributed by atoms with van der Waals surface area (Å²) in [7, 11) is 1.46. The number of carbonyl (C=O) groups excluding carboxylic acids is 3. The highest BCUT2D eigenvalue weighted by molar-refractivity contribution is 9.10. The Hall–Kier alpha value is -6.14. The van der Waals surface area contributed by atoms with Crippen LogP contribution in [-0.4, -0.2) is 49.0 Å². The number of rotatable bonds is 12. The molecule has 2 heterocycles. The quantitative estimate of drug-likeness (QED) is 0.0695. The number of aromatic nitrogens is 1. The molecule has 0 unspecified atom stereocenters. The summed E-state index contributed by atoms with van der Waals surface area (Å²) < 4.78 is 19.7. The standard InChI is InChI=1S/C40H36BrN5O6/c1-4-51-39(48)36-25(2)43-40(49)44-37(36)28-15-20-33(34(22-28)50-3)52-24-35(47)45-42-23-29-21-32(26-11-7-5-8-12-26)46(31-18-16-30(41)17-19-31)38(29)27-13-9-6-10-14-27/h5-23,37H,4,24H2,1-3H3,(H,45,47)(H2,43,44,49)/b42-23-/t37-/m0/s1. The molecule has 6 rings (SSSR count). The molecule has 0 saturated heterocycles. The molecule has 3 N–H and O–H groups in total. The molecule has 5 aromatic rings. The summed E-state index contributed by atoms with van der Waals surface area (Å²) in [5, 5.41) is 9.69. The lowest BCUT2D eigenvalue weighted by atomic mass is 9.95. The smallest absolute Gasteiger partial charge is 0.338 e. The molecule has 1 atom stereocenters. The monoisotopic (exact) mass is 761 g/mol. The zero-order valence-corrected chi connectivity index (χ0v) is 30.3. The molecule has 0 bridgehead atoms. The van der Waals surface area contributed by atoms with Gasteiger partial charge in [0.2, 0.25) is 0 Å². The molecular formula is C40H36BrN5O6. The van der Waals surface area contributed by atoms with E-state index < -0.39 is 23.9 Å². The molecule has 264 valence electrons. The average Bonchev–Trinajstić information content (AvgIpc) is 3.54. The van der Waals surface area contributed by atoms with Crippen molar-refractivity contribution in [3.05, 3.63) is 136 Å². The number of hydrogen-bond acceptors (Lipinski definition) is 7. The summed E-state index contributed by atoms with van der Waals surface area (Å²) in [6, 6.07) is 33.9. The number of esters is 1. The highest BCUT2D eigenvalue weighted by Crippen LogP contribution is 2.37. The first-order valence-corrected chi connectivity index (χ1v) is 17.3. The lowest BCUT2D eigenvalue weighted by Gasteiger charge is -2.28. The van der Waals surface area contributed by atoms with Crippen molar-refractivity contribution in [3.63, 3.8) is 0 Å². The van der Waals surface area contributed by atoms with Gasteiger partial charge in [-0.05, 0) is 73.0 Å². The van der Waals surface area contributed by atoms with E-state index in [4.69, 9.17) is 14.2 Å². The van der Waals surface area contributed by atoms with E-state index in [0.29, 0.717) is 17.0 Å². The summed E-state index contributed by atoms with van der Waals surface area (Å²) >= 11 is 3.55. The first-order valence-electron chi connectivity index (χ1n) is 16.5. The second-order valence-corrected chi connectivity index (χ2v) is 12.6. The predicted molar refractivity (Wildman–Crippen MR) is 202 cm³/mol. The lowest BCUT2D eigenvalue weighted by molar-refractivity contribution is -0.139. The van der Waals surface area contributed by atoms with E-state index in [-0.39, 0.29) is 24.5 Å². The van der Waals surface area contributed by atoms with E-state index in [2.05, 4.69) is 53.8 Å². The third-order valence-corrected chi connectivity index (χ3v) is 8.80. The minimum Gasteiger partial charge on any atom is -0.493 e. The van der Waals surface area contributed by atoms with Crippen molar-refractivity contribution in [1.82, 2.24) is 20.6 Å². The van der Waals surface area contributed by atoms with Crippen LogP contribution in [0.25, 0.3) is 28.2 Å². The summed E-state index contributed by atoms with van der Waals surface area (Å²) in [4.78, 5) is 38.0. The number of benzene rings is 4. The Bertz CT molecular complexity index is 2150. The van der Waals surface area contributed by atoms with Crippen LogP contribution >= 0.6 is 15.9 Å². The van der Waals surface area contributed by atoms with E-state index >= 15 is 0 Å². The van der Waals surface area contributed by atoms with Gasteiger partial charge in [-0.3, -0.25) is 4.79 Å². The Balaban J connectivity index is 1.22. The highest BCUT2D eigenvalue weighted by Gasteiger charge is 2.32. The highest BCUT2D eigenvalue weighted by atomic mass is 79.9. The van der Waals surface area contributed by atoms with Gasteiger partial charge in [-0.25, -0.2) is 15.0 Å². The number of hydrazone groups is 1. The molecular weight excluding hydrogens is 726 g/mol. The van der Waals surface area contributed by atoms with E-state index in [1.165, 1.54) is 7.11 Å². The van der Waals surface area contributed by atoms with Crippen molar-refractivity contribution in [2.45, 2.75) is 19.9 Å². The van der Waals surface area contributed by atoms with Crippen molar-refractivity contribution < 1.29 is 28.6 Å². The van der Waals surface area contributed by atoms with Gasteiger partial charge >= 0.3 is 12.0 Å². The van der Waals surface area contributed by atoms with E-state index in [1.54, 1.807) is 38.3 Å². The van der Waals surface area contributed by atoms with Crippen molar-refractivity contribution in [1.29, 1.82) is 0 Å². The summed E-state index contributed by atoms with van der Waals surface area (Å²) in [5.41, 5.74) is 9.41. The second kappa shape index (κ2) is 16.3. The van der Waals surface area contributed by atoms with Gasteiger partial charge in [0.1, 0.15) is 0 Å². The third kappa shape index (κ3) is 7.92. The van der Waals surface area contributed by atoms with Crippen LogP contribution in [0.3, 0.4) is 0 Å². The maximum absolute atomic E-state index is 13.0. The van der Waals surface area contributed by atoms with Gasteiger partial charge in [0.15, 0.2) is 18.1 Å². The molecule has 11 nitrogen and oxygen atoms in total. The van der Waals surface area contributed by atoms with Crippen LogP contribution in [0.4, 0.5) is 4.79 Å². The number of methoxy groups -OCH3 is 1. The molecule has 4 aromatic carbocycles. The van der Waals surface area contributed by atoms with Crippen LogP contribution < -0.4 is 25.5 Å². The number of allylic oxidation sites excluding steroid dienone is 1. The van der Waals surface area contributed by atoms with Gasteiger partial charge in [0.25, 0.3) is 5.91 Å². The molecule has 0 fully saturated rings. The van der Waals surface area contributed by atoms with E-state index in [9.17, 15) is 14.4 Å². The zero-order valence-electron chi connectivity index (χ0n) is 28.7. The normalized spacial score (nSPS) is 14.1. The minimum absolute atomic E-state index is 0.181. The van der Waals surface area contributed by atoms with Gasteiger partial charge in [0, 0.05) is 21.4 Å². The molecule has 0 aliphatic carbocycles. The summed E-state index contributed by atoms with van der Waals surface area (Å²) in [5.74, 6) is -0.453. The molecule has 3 amide bonds. The minimum atomic E-state index is -0.782. The topological polar surface area (TPSA) is 132 Å². The third-order valence-electron chi connectivity index (χ3n) is 8.27. The Morgan fingerprint density at radius 1 is 0.923 bits per heavy atom. The van der Waals surface area contributed by atoms with Crippen molar-refractivity contribution in [2.24, 2.45) is 5.10 Å². The van der Waals surface area contributed by atoms with Crippen molar-refractivity contribution in [3.8, 4) is 39.7 Å². The maximum atomic E-state index is 13.0. The van der Waals surface area contributed by atoms with Crippen LogP contribution in [0.1, 0.15) is 31.0 Å². The molecule has 1 aromatic heterocycles. The number of nitrogens with zero attached hydrogens (tertiary/aromatic N) is 2. The van der Waals surface area contributed by atoms with Crippen LogP contribution in [-0.2, 0) is 14.3 Å². The van der Waals surface area contributed by atoms with Crippen LogP contribution in [0.2, 0.25) is 0 Å². The molecule has 1 aliphatic heterocycles. The number of halogens is 1. The number of urea groups is 1. The fourth-order valence-electron chi connectivity index (χ4n) is 5.96. The average molecular weight is 763 g/mol. The summed E-state index contributed by atoms with van der Waals surface area (Å²) in [6.07, 6.45) is 1.63. The number of amides is 3. The number of nitrogens with one attached hydrogen (secondary N) is 3. The maximum Gasteiger partial charge on any atom is 0.338 e. The van der Waals surface area contributed by atoms with Gasteiger partial charge in [-0.1, -0.05) is 82.7 Å². The zero-order chi connectivity index (χ0) is 36.6. The largest absolute Gasteiger partial charge is 0.493 e. The first kappa shape index (κ1) is 35.7. The molecule has 0 radical (unpaired) electrons. The molecule has 12 heteroatoms. The number of hydrogen-bond donors (Lipinski definition) is 3. The predicted octanol–water partition coefficient (Wildman–Crippen LogP) is 7.30. The van der Waals surface area contributed by atoms with Gasteiger partial charge in [-0.2, -0.15) is 5.10 Å². The SMILES string of the molecule is CCOC(=O)C1=C(C)NC(=O)N[C@H]1c1ccc(OCC(=O)N/N=C\c2cc(-c3ccccc3)n(-c3ccc(Br)cc3)c2-c2ccccc2)c(OC)c1. The van der Waals surface area contributed by atoms with Gasteiger partial charge < -0.3 is 29.4 Å². The molecule has 52 heavy (non-hydrogen) atoms. The van der Waals surface area contributed by atoms with Crippen LogP contribution in [0.5, 0.6) is 11.5 Å². The Kier molecular flexibility index (Phi) is 11.2. The van der Waals surface area contributed by atoms with Crippen LogP contribution in [0, 0.1) is 0 Å². The fourth-order valence-corrected chi connectivity index (χ4v) is 6.22. The van der Waals surface area contributed by atoms with Crippen molar-refractivity contribution in [2.75, 3.05) is 20.3 Å². The molecule has 0 spiro atoms.